The Morgan fingerprint density at radius 3 is 2.83 bits per heavy atom. The lowest BCUT2D eigenvalue weighted by molar-refractivity contribution is 0.0991. The second-order valence-electron chi connectivity index (χ2n) is 3.18. The Hall–Kier alpha value is -1.37. The fourth-order valence-corrected chi connectivity index (χ4v) is 1.54. The summed E-state index contributed by atoms with van der Waals surface area (Å²) in [4.78, 5) is 11.5. The van der Waals surface area contributed by atoms with Gasteiger partial charge in [-0.2, -0.15) is 0 Å². The average Bonchev–Trinajstić information content (AvgIpc) is 2.04. The number of carbonyl (C=O) groups excluding carboxylic acids is 1. The van der Waals surface area contributed by atoms with E-state index in [4.69, 9.17) is 0 Å². The fourth-order valence-electron chi connectivity index (χ4n) is 1.54. The molecule has 0 aromatic heterocycles. The fraction of sp³-hybridized carbons (Fsp3) is 0.182. The number of hydrogen-bond donors (Lipinski definition) is 0. The summed E-state index contributed by atoms with van der Waals surface area (Å²) in [5, 5.41) is 0. The van der Waals surface area contributed by atoms with E-state index in [2.05, 4.69) is 6.08 Å². The number of allylic oxidation sites excluding steroid dienone is 1. The Kier molecular flexibility index (Phi) is 1.58. The highest BCUT2D eigenvalue weighted by atomic mass is 16.1. The van der Waals surface area contributed by atoms with E-state index in [-0.39, 0.29) is 5.78 Å². The van der Waals surface area contributed by atoms with Crippen molar-refractivity contribution in [1.82, 2.24) is 0 Å². The van der Waals surface area contributed by atoms with Crippen LogP contribution in [0.3, 0.4) is 0 Å². The van der Waals surface area contributed by atoms with Crippen molar-refractivity contribution in [2.45, 2.75) is 13.3 Å². The van der Waals surface area contributed by atoms with Crippen LogP contribution in [0.1, 0.15) is 29.3 Å². The molecule has 0 heterocycles. The van der Waals surface area contributed by atoms with E-state index >= 15 is 0 Å². The third-order valence-corrected chi connectivity index (χ3v) is 2.10. The summed E-state index contributed by atoms with van der Waals surface area (Å²) in [7, 11) is 0. The third kappa shape index (κ3) is 1.07. The van der Waals surface area contributed by atoms with Gasteiger partial charge in [0.1, 0.15) is 0 Å². The summed E-state index contributed by atoms with van der Waals surface area (Å²) in [6.45, 7) is 1.99. The van der Waals surface area contributed by atoms with Gasteiger partial charge < -0.3 is 0 Å². The maximum Gasteiger partial charge on any atom is 0.167 e. The first-order valence-corrected chi connectivity index (χ1v) is 4.07. The molecular formula is C11H10O. The van der Waals surface area contributed by atoms with Crippen LogP contribution in [-0.2, 0) is 0 Å². The summed E-state index contributed by atoms with van der Waals surface area (Å²) in [6, 6.07) is 7.74. The number of fused-ring (bicyclic) bond motifs is 1. The molecule has 0 fully saturated rings. The summed E-state index contributed by atoms with van der Waals surface area (Å²) < 4.78 is 0. The van der Waals surface area contributed by atoms with E-state index in [1.807, 2.05) is 31.2 Å². The van der Waals surface area contributed by atoms with E-state index in [0.717, 1.165) is 16.7 Å². The lowest BCUT2D eigenvalue weighted by Gasteiger charge is -2.11. The van der Waals surface area contributed by atoms with E-state index in [1.54, 1.807) is 0 Å². The smallest absolute Gasteiger partial charge is 0.167 e. The standard InChI is InChI=1S/C11H10O/c1-8-6-9-4-2-3-5-10(9)11(12)7-8/h2-6H,7H2,1H3. The summed E-state index contributed by atoms with van der Waals surface area (Å²) in [5.74, 6) is 0.241. The van der Waals surface area contributed by atoms with Crippen molar-refractivity contribution in [3.63, 3.8) is 0 Å². The van der Waals surface area contributed by atoms with Crippen molar-refractivity contribution in [1.29, 1.82) is 0 Å². The highest BCUT2D eigenvalue weighted by Crippen LogP contribution is 2.22. The second kappa shape index (κ2) is 2.59. The van der Waals surface area contributed by atoms with E-state index in [9.17, 15) is 4.79 Å². The normalized spacial score (nSPS) is 15.4. The Labute approximate surface area is 71.7 Å². The molecule has 1 heteroatoms. The van der Waals surface area contributed by atoms with Crippen molar-refractivity contribution >= 4 is 11.9 Å². The van der Waals surface area contributed by atoms with Crippen LogP contribution < -0.4 is 0 Å². The Bertz CT molecular complexity index is 361. The molecule has 0 amide bonds. The van der Waals surface area contributed by atoms with Crippen LogP contribution in [0.2, 0.25) is 0 Å². The predicted molar refractivity (Wildman–Crippen MR) is 49.0 cm³/mol. The SMILES string of the molecule is CC1=Cc2ccccc2C(=O)C1. The first-order valence-electron chi connectivity index (χ1n) is 4.07. The molecule has 1 aliphatic carbocycles. The van der Waals surface area contributed by atoms with Crippen LogP contribution in [-0.4, -0.2) is 5.78 Å². The minimum atomic E-state index is 0.241. The molecule has 0 N–H and O–H groups in total. The molecule has 1 aromatic rings. The van der Waals surface area contributed by atoms with Gasteiger partial charge in [0.05, 0.1) is 0 Å². The van der Waals surface area contributed by atoms with Gasteiger partial charge in [-0.15, -0.1) is 0 Å². The van der Waals surface area contributed by atoms with E-state index < -0.39 is 0 Å². The third-order valence-electron chi connectivity index (χ3n) is 2.10. The number of benzene rings is 1. The monoisotopic (exact) mass is 158 g/mol. The predicted octanol–water partition coefficient (Wildman–Crippen LogP) is 2.68. The van der Waals surface area contributed by atoms with Crippen LogP contribution in [0, 0.1) is 0 Å². The van der Waals surface area contributed by atoms with Gasteiger partial charge in [0.2, 0.25) is 0 Å². The minimum Gasteiger partial charge on any atom is -0.294 e. The molecule has 1 aliphatic rings. The second-order valence-corrected chi connectivity index (χ2v) is 3.18. The van der Waals surface area contributed by atoms with Gasteiger partial charge in [-0.3, -0.25) is 4.79 Å². The lowest BCUT2D eigenvalue weighted by atomic mass is 9.92. The van der Waals surface area contributed by atoms with Crippen LogP contribution in [0.4, 0.5) is 0 Å². The van der Waals surface area contributed by atoms with E-state index in [1.165, 1.54) is 0 Å². The minimum absolute atomic E-state index is 0.241. The van der Waals surface area contributed by atoms with Gasteiger partial charge >= 0.3 is 0 Å². The number of carbonyl (C=O) groups is 1. The van der Waals surface area contributed by atoms with Crippen molar-refractivity contribution < 1.29 is 4.79 Å². The first kappa shape index (κ1) is 7.29. The summed E-state index contributed by atoms with van der Waals surface area (Å²) in [6.07, 6.45) is 2.66. The number of Topliss-reactive ketones (excluding diaryl/α,β-unsaturated/α-hetero) is 1. The van der Waals surface area contributed by atoms with Crippen LogP contribution >= 0.6 is 0 Å². The van der Waals surface area contributed by atoms with Crippen LogP contribution in [0.5, 0.6) is 0 Å². The summed E-state index contributed by atoms with van der Waals surface area (Å²) in [5.41, 5.74) is 3.08. The highest BCUT2D eigenvalue weighted by Gasteiger charge is 2.14. The molecule has 0 saturated heterocycles. The van der Waals surface area contributed by atoms with Crippen molar-refractivity contribution in [2.24, 2.45) is 0 Å². The number of ketones is 1. The molecule has 60 valence electrons. The molecule has 1 aromatic carbocycles. The molecule has 1 nitrogen and oxygen atoms in total. The van der Waals surface area contributed by atoms with Crippen LogP contribution in [0.25, 0.3) is 6.08 Å². The Morgan fingerprint density at radius 2 is 2.00 bits per heavy atom. The topological polar surface area (TPSA) is 17.1 Å². The van der Waals surface area contributed by atoms with Gasteiger partial charge in [-0.05, 0) is 12.5 Å². The maximum absolute atomic E-state index is 11.5. The van der Waals surface area contributed by atoms with Crippen molar-refractivity contribution in [3.8, 4) is 0 Å². The average molecular weight is 158 g/mol. The molecule has 2 rings (SSSR count). The Morgan fingerprint density at radius 1 is 1.25 bits per heavy atom. The molecule has 0 bridgehead atoms. The molecule has 0 radical (unpaired) electrons. The summed E-state index contributed by atoms with van der Waals surface area (Å²) >= 11 is 0. The van der Waals surface area contributed by atoms with E-state index in [0.29, 0.717) is 6.42 Å². The zero-order valence-corrected chi connectivity index (χ0v) is 7.00. The van der Waals surface area contributed by atoms with Crippen molar-refractivity contribution in [2.75, 3.05) is 0 Å². The molecular weight excluding hydrogens is 148 g/mol. The van der Waals surface area contributed by atoms with Gasteiger partial charge in [0.25, 0.3) is 0 Å². The first-order chi connectivity index (χ1) is 5.77. The molecule has 12 heavy (non-hydrogen) atoms. The number of hydrogen-bond acceptors (Lipinski definition) is 1. The van der Waals surface area contributed by atoms with Gasteiger partial charge in [-0.25, -0.2) is 0 Å². The molecule has 0 atom stereocenters. The van der Waals surface area contributed by atoms with Gasteiger partial charge in [0.15, 0.2) is 5.78 Å². The molecule has 0 spiro atoms. The van der Waals surface area contributed by atoms with Crippen LogP contribution in [0.15, 0.2) is 29.8 Å². The number of rotatable bonds is 0. The zero-order valence-electron chi connectivity index (χ0n) is 7.00. The van der Waals surface area contributed by atoms with Crippen molar-refractivity contribution in [3.05, 3.63) is 41.0 Å². The van der Waals surface area contributed by atoms with Gasteiger partial charge in [-0.1, -0.05) is 35.9 Å². The molecule has 0 aliphatic heterocycles. The Balaban J connectivity index is 2.62. The largest absolute Gasteiger partial charge is 0.294 e. The molecule has 0 saturated carbocycles. The maximum atomic E-state index is 11.5. The zero-order chi connectivity index (χ0) is 8.55. The van der Waals surface area contributed by atoms with Gasteiger partial charge in [0, 0.05) is 12.0 Å². The highest BCUT2D eigenvalue weighted by molar-refractivity contribution is 6.03. The lowest BCUT2D eigenvalue weighted by Crippen LogP contribution is -2.06. The molecule has 0 unspecified atom stereocenters. The quantitative estimate of drug-likeness (QED) is 0.567.